The van der Waals surface area contributed by atoms with Crippen molar-refractivity contribution in [2.75, 3.05) is 7.11 Å². The molecule has 0 bridgehead atoms. The molecule has 1 aromatic heterocycles. The van der Waals surface area contributed by atoms with Crippen molar-refractivity contribution in [1.82, 2.24) is 10.3 Å². The number of nitrogens with one attached hydrogen (secondary N) is 1. The topological polar surface area (TPSA) is 94.4 Å². The number of nitro benzene ring substituents is 1. The molecule has 0 saturated carbocycles. The van der Waals surface area contributed by atoms with Gasteiger partial charge in [0.2, 0.25) is 0 Å². The Bertz CT molecular complexity index is 1000. The van der Waals surface area contributed by atoms with Crippen molar-refractivity contribution in [2.24, 2.45) is 0 Å². The Morgan fingerprint density at radius 1 is 1.23 bits per heavy atom. The number of nitro groups is 1. The number of aryl methyl sites for hydroxylation is 1. The summed E-state index contributed by atoms with van der Waals surface area (Å²) in [6.07, 6.45) is 1.48. The molecule has 7 heteroatoms. The first-order valence-corrected chi connectivity index (χ1v) is 7.95. The van der Waals surface area contributed by atoms with Gasteiger partial charge in [0.15, 0.2) is 0 Å². The Kier molecular flexibility index (Phi) is 4.79. The number of carbonyl (C=O) groups excluding carboxylic acids is 1. The first-order valence-electron chi connectivity index (χ1n) is 7.95. The second-order valence-electron chi connectivity index (χ2n) is 5.74. The van der Waals surface area contributed by atoms with Crippen LogP contribution in [0.15, 0.2) is 48.7 Å². The normalized spacial score (nSPS) is 10.5. The van der Waals surface area contributed by atoms with Crippen LogP contribution in [0.5, 0.6) is 5.75 Å². The molecule has 0 radical (unpaired) electrons. The number of methoxy groups -OCH3 is 1. The Balaban J connectivity index is 1.95. The highest BCUT2D eigenvalue weighted by Gasteiger charge is 2.19. The predicted molar refractivity (Wildman–Crippen MR) is 97.3 cm³/mol. The first-order chi connectivity index (χ1) is 12.5. The highest BCUT2D eigenvalue weighted by Crippen LogP contribution is 2.29. The molecule has 0 aliphatic rings. The van der Waals surface area contributed by atoms with Gasteiger partial charge in [0.1, 0.15) is 11.4 Å². The molecule has 26 heavy (non-hydrogen) atoms. The third kappa shape index (κ3) is 3.19. The second-order valence-corrected chi connectivity index (χ2v) is 5.74. The fourth-order valence-electron chi connectivity index (χ4n) is 2.89. The minimum Gasteiger partial charge on any atom is -0.496 e. The van der Waals surface area contributed by atoms with Crippen LogP contribution in [0.4, 0.5) is 5.69 Å². The lowest BCUT2D eigenvalue weighted by molar-refractivity contribution is -0.383. The van der Waals surface area contributed by atoms with Gasteiger partial charge in [-0.2, -0.15) is 0 Å². The van der Waals surface area contributed by atoms with Crippen molar-refractivity contribution in [2.45, 2.75) is 13.5 Å². The number of rotatable bonds is 5. The summed E-state index contributed by atoms with van der Waals surface area (Å²) in [5, 5.41) is 15.0. The lowest BCUT2D eigenvalue weighted by Crippen LogP contribution is -2.24. The van der Waals surface area contributed by atoms with Crippen LogP contribution in [0.1, 0.15) is 21.6 Å². The van der Waals surface area contributed by atoms with Crippen LogP contribution in [0.3, 0.4) is 0 Å². The molecule has 0 atom stereocenters. The molecule has 1 N–H and O–H groups in total. The van der Waals surface area contributed by atoms with Crippen molar-refractivity contribution in [3.63, 3.8) is 0 Å². The zero-order valence-electron chi connectivity index (χ0n) is 14.4. The standard InChI is InChI=1S/C19H17N3O4/c1-12-10-20-18(14-7-5-8-15(17(12)14)22(24)25)19(23)21-11-13-6-3-4-9-16(13)26-2/h3-10H,11H2,1-2H3,(H,21,23). The van der Waals surface area contributed by atoms with Crippen molar-refractivity contribution >= 4 is 22.4 Å². The molecule has 3 rings (SSSR count). The van der Waals surface area contributed by atoms with Crippen LogP contribution in [0.2, 0.25) is 0 Å². The number of pyridine rings is 1. The fourth-order valence-corrected chi connectivity index (χ4v) is 2.89. The number of ether oxygens (including phenoxy) is 1. The van der Waals surface area contributed by atoms with Gasteiger partial charge in [-0.1, -0.05) is 30.3 Å². The lowest BCUT2D eigenvalue weighted by Gasteiger charge is -2.11. The number of fused-ring (bicyclic) bond motifs is 1. The zero-order valence-corrected chi connectivity index (χ0v) is 14.4. The predicted octanol–water partition coefficient (Wildman–Crippen LogP) is 3.39. The quantitative estimate of drug-likeness (QED) is 0.562. The number of carbonyl (C=O) groups is 1. The van der Waals surface area contributed by atoms with E-state index in [9.17, 15) is 14.9 Å². The molecule has 2 aromatic carbocycles. The average Bonchev–Trinajstić information content (AvgIpc) is 2.66. The van der Waals surface area contributed by atoms with Crippen LogP contribution < -0.4 is 10.1 Å². The van der Waals surface area contributed by atoms with Crippen molar-refractivity contribution in [1.29, 1.82) is 0 Å². The van der Waals surface area contributed by atoms with Crippen LogP contribution in [0.25, 0.3) is 10.8 Å². The molecule has 0 spiro atoms. The van der Waals surface area contributed by atoms with Gasteiger partial charge in [0.25, 0.3) is 11.6 Å². The van der Waals surface area contributed by atoms with E-state index >= 15 is 0 Å². The average molecular weight is 351 g/mol. The molecular weight excluding hydrogens is 334 g/mol. The molecule has 1 heterocycles. The number of amides is 1. The molecule has 0 fully saturated rings. The fraction of sp³-hybridized carbons (Fsp3) is 0.158. The van der Waals surface area contributed by atoms with Crippen molar-refractivity contribution in [3.05, 3.63) is 75.6 Å². The Hall–Kier alpha value is -3.48. The van der Waals surface area contributed by atoms with Gasteiger partial charge in [-0.25, -0.2) is 0 Å². The summed E-state index contributed by atoms with van der Waals surface area (Å²) in [4.78, 5) is 27.7. The molecular formula is C19H17N3O4. The number of aromatic nitrogens is 1. The van der Waals surface area contributed by atoms with Gasteiger partial charge in [0.05, 0.1) is 17.4 Å². The van der Waals surface area contributed by atoms with Crippen LogP contribution in [-0.4, -0.2) is 22.9 Å². The van der Waals surface area contributed by atoms with Gasteiger partial charge >= 0.3 is 0 Å². The SMILES string of the molecule is COc1ccccc1CNC(=O)c1ncc(C)c2c([N+](=O)[O-])cccc12. The summed E-state index contributed by atoms with van der Waals surface area (Å²) in [6.45, 7) is 1.99. The molecule has 3 aromatic rings. The summed E-state index contributed by atoms with van der Waals surface area (Å²) < 4.78 is 5.27. The third-order valence-electron chi connectivity index (χ3n) is 4.12. The Morgan fingerprint density at radius 2 is 2.00 bits per heavy atom. The molecule has 7 nitrogen and oxygen atoms in total. The molecule has 0 aliphatic heterocycles. The van der Waals surface area contributed by atoms with Crippen LogP contribution in [0, 0.1) is 17.0 Å². The zero-order chi connectivity index (χ0) is 18.7. The summed E-state index contributed by atoms with van der Waals surface area (Å²) in [6, 6.07) is 12.0. The smallest absolute Gasteiger partial charge is 0.277 e. The first kappa shape index (κ1) is 17.3. The van der Waals surface area contributed by atoms with Gasteiger partial charge in [-0.3, -0.25) is 19.9 Å². The number of hydrogen-bond acceptors (Lipinski definition) is 5. The van der Waals surface area contributed by atoms with E-state index in [-0.39, 0.29) is 17.9 Å². The maximum absolute atomic E-state index is 12.6. The Morgan fingerprint density at radius 3 is 2.73 bits per heavy atom. The van der Waals surface area contributed by atoms with E-state index in [0.29, 0.717) is 22.1 Å². The largest absolute Gasteiger partial charge is 0.496 e. The summed E-state index contributed by atoms with van der Waals surface area (Å²) in [5.74, 6) is 0.270. The van der Waals surface area contributed by atoms with Gasteiger partial charge in [-0.05, 0) is 18.6 Å². The number of benzene rings is 2. The van der Waals surface area contributed by atoms with E-state index in [4.69, 9.17) is 4.74 Å². The number of hydrogen-bond donors (Lipinski definition) is 1. The monoisotopic (exact) mass is 351 g/mol. The van der Waals surface area contributed by atoms with Gasteiger partial charge in [-0.15, -0.1) is 0 Å². The maximum Gasteiger partial charge on any atom is 0.277 e. The summed E-state index contributed by atoms with van der Waals surface area (Å²) in [7, 11) is 1.56. The van der Waals surface area contributed by atoms with E-state index in [1.807, 2.05) is 24.3 Å². The van der Waals surface area contributed by atoms with Crippen molar-refractivity contribution < 1.29 is 14.5 Å². The van der Waals surface area contributed by atoms with Crippen LogP contribution >= 0.6 is 0 Å². The van der Waals surface area contributed by atoms with Crippen LogP contribution in [-0.2, 0) is 6.54 Å². The maximum atomic E-state index is 12.6. The van der Waals surface area contributed by atoms with E-state index in [2.05, 4.69) is 10.3 Å². The van der Waals surface area contributed by atoms with E-state index < -0.39 is 10.8 Å². The highest BCUT2D eigenvalue weighted by atomic mass is 16.6. The number of para-hydroxylation sites is 1. The van der Waals surface area contributed by atoms with Crippen molar-refractivity contribution in [3.8, 4) is 5.75 Å². The Labute approximate surface area is 149 Å². The highest BCUT2D eigenvalue weighted by molar-refractivity contribution is 6.08. The summed E-state index contributed by atoms with van der Waals surface area (Å²) in [5.41, 5.74) is 1.59. The van der Waals surface area contributed by atoms with Gasteiger partial charge < -0.3 is 10.1 Å². The van der Waals surface area contributed by atoms with E-state index in [1.54, 1.807) is 26.2 Å². The third-order valence-corrected chi connectivity index (χ3v) is 4.12. The second kappa shape index (κ2) is 7.18. The molecule has 0 saturated heterocycles. The minimum atomic E-state index is -0.453. The van der Waals surface area contributed by atoms with E-state index in [0.717, 1.165) is 5.56 Å². The molecule has 1 amide bonds. The summed E-state index contributed by atoms with van der Waals surface area (Å²) >= 11 is 0. The molecule has 132 valence electrons. The molecule has 0 aliphatic carbocycles. The van der Waals surface area contributed by atoms with E-state index in [1.165, 1.54) is 12.3 Å². The minimum absolute atomic E-state index is 0.0406. The number of nitrogens with zero attached hydrogens (tertiary/aromatic N) is 2. The van der Waals surface area contributed by atoms with Gasteiger partial charge in [0, 0.05) is 29.8 Å². The molecule has 0 unspecified atom stereocenters. The lowest BCUT2D eigenvalue weighted by atomic mass is 10.0. The number of non-ortho nitro benzene ring substituents is 1.